The molecule has 0 saturated heterocycles. The molecular formula is C22H20N4O3. The number of fused-ring (bicyclic) bond motifs is 1. The minimum absolute atomic E-state index is 0.126. The zero-order valence-electron chi connectivity index (χ0n) is 16.0. The van der Waals surface area contributed by atoms with Gasteiger partial charge in [-0.25, -0.2) is 0 Å². The van der Waals surface area contributed by atoms with E-state index in [0.717, 1.165) is 16.5 Å². The highest BCUT2D eigenvalue weighted by Gasteiger charge is 2.08. The van der Waals surface area contributed by atoms with Gasteiger partial charge in [-0.05, 0) is 42.3 Å². The standard InChI is InChI=1S/C22H20N4O3/c1-15-25-20(26-29-15)14-28-19-9-7-18(8-10-19)22(27)24-13-11-17-5-2-4-16-6-3-12-23-21(16)17/h2-10,12H,11,13-14H2,1H3,(H,24,27). The van der Waals surface area contributed by atoms with Crippen LogP contribution in [0, 0.1) is 6.92 Å². The largest absolute Gasteiger partial charge is 0.485 e. The summed E-state index contributed by atoms with van der Waals surface area (Å²) < 4.78 is 10.5. The van der Waals surface area contributed by atoms with Crippen LogP contribution in [-0.4, -0.2) is 27.6 Å². The van der Waals surface area contributed by atoms with E-state index in [-0.39, 0.29) is 12.5 Å². The minimum atomic E-state index is -0.126. The van der Waals surface area contributed by atoms with Crippen molar-refractivity contribution in [1.29, 1.82) is 0 Å². The second-order valence-electron chi connectivity index (χ2n) is 6.54. The summed E-state index contributed by atoms with van der Waals surface area (Å²) in [5.41, 5.74) is 2.66. The summed E-state index contributed by atoms with van der Waals surface area (Å²) in [6.07, 6.45) is 2.50. The lowest BCUT2D eigenvalue weighted by molar-refractivity contribution is 0.0954. The van der Waals surface area contributed by atoms with Crippen molar-refractivity contribution in [2.45, 2.75) is 20.0 Å². The van der Waals surface area contributed by atoms with Gasteiger partial charge < -0.3 is 14.6 Å². The average Bonchev–Trinajstić information content (AvgIpc) is 3.18. The van der Waals surface area contributed by atoms with Gasteiger partial charge in [-0.3, -0.25) is 9.78 Å². The van der Waals surface area contributed by atoms with Crippen molar-refractivity contribution in [3.63, 3.8) is 0 Å². The Morgan fingerprint density at radius 3 is 2.72 bits per heavy atom. The molecule has 0 unspecified atom stereocenters. The Balaban J connectivity index is 1.30. The molecule has 146 valence electrons. The van der Waals surface area contributed by atoms with E-state index in [0.29, 0.717) is 36.0 Å². The highest BCUT2D eigenvalue weighted by atomic mass is 16.5. The average molecular weight is 388 g/mol. The molecule has 0 aliphatic rings. The van der Waals surface area contributed by atoms with Gasteiger partial charge in [0.25, 0.3) is 5.91 Å². The number of para-hydroxylation sites is 1. The number of ether oxygens (including phenoxy) is 1. The van der Waals surface area contributed by atoms with Crippen LogP contribution in [0.3, 0.4) is 0 Å². The zero-order valence-corrected chi connectivity index (χ0v) is 16.0. The van der Waals surface area contributed by atoms with E-state index in [1.165, 1.54) is 0 Å². The fourth-order valence-electron chi connectivity index (χ4n) is 3.03. The Morgan fingerprint density at radius 2 is 1.93 bits per heavy atom. The summed E-state index contributed by atoms with van der Waals surface area (Å²) >= 11 is 0. The van der Waals surface area contributed by atoms with E-state index < -0.39 is 0 Å². The van der Waals surface area contributed by atoms with Gasteiger partial charge in [0.15, 0.2) is 6.61 Å². The van der Waals surface area contributed by atoms with Crippen molar-refractivity contribution in [3.05, 3.63) is 83.6 Å². The van der Waals surface area contributed by atoms with E-state index in [1.54, 1.807) is 37.4 Å². The molecule has 29 heavy (non-hydrogen) atoms. The topological polar surface area (TPSA) is 90.1 Å². The van der Waals surface area contributed by atoms with E-state index in [9.17, 15) is 4.79 Å². The van der Waals surface area contributed by atoms with Crippen molar-refractivity contribution in [2.24, 2.45) is 0 Å². The molecule has 2 aromatic carbocycles. The number of nitrogens with zero attached hydrogens (tertiary/aromatic N) is 3. The molecule has 0 aliphatic heterocycles. The predicted octanol–water partition coefficient (Wildman–Crippen LogP) is 3.48. The Hall–Kier alpha value is -3.74. The molecule has 4 rings (SSSR count). The first-order valence-corrected chi connectivity index (χ1v) is 9.32. The van der Waals surface area contributed by atoms with Crippen molar-refractivity contribution in [2.75, 3.05) is 6.54 Å². The normalized spacial score (nSPS) is 10.8. The summed E-state index contributed by atoms with van der Waals surface area (Å²) in [5.74, 6) is 1.48. The lowest BCUT2D eigenvalue weighted by Crippen LogP contribution is -2.25. The second-order valence-corrected chi connectivity index (χ2v) is 6.54. The Bertz CT molecular complexity index is 1120. The van der Waals surface area contributed by atoms with Crippen LogP contribution in [0.1, 0.15) is 27.6 Å². The third kappa shape index (κ3) is 4.57. The van der Waals surface area contributed by atoms with Gasteiger partial charge in [0.1, 0.15) is 5.75 Å². The summed E-state index contributed by atoms with van der Waals surface area (Å²) in [6, 6.07) is 17.0. The van der Waals surface area contributed by atoms with Crippen LogP contribution >= 0.6 is 0 Å². The molecule has 2 aromatic heterocycles. The number of nitrogens with one attached hydrogen (secondary N) is 1. The predicted molar refractivity (Wildman–Crippen MR) is 108 cm³/mol. The van der Waals surface area contributed by atoms with Crippen LogP contribution in [0.2, 0.25) is 0 Å². The van der Waals surface area contributed by atoms with Crippen molar-refractivity contribution in [1.82, 2.24) is 20.4 Å². The van der Waals surface area contributed by atoms with Crippen molar-refractivity contribution >= 4 is 16.8 Å². The zero-order chi connectivity index (χ0) is 20.1. The maximum absolute atomic E-state index is 12.4. The molecule has 0 saturated carbocycles. The third-order valence-electron chi connectivity index (χ3n) is 4.45. The van der Waals surface area contributed by atoms with Crippen LogP contribution in [0.25, 0.3) is 10.9 Å². The quantitative estimate of drug-likeness (QED) is 0.521. The summed E-state index contributed by atoms with van der Waals surface area (Å²) in [5, 5.41) is 7.83. The van der Waals surface area contributed by atoms with E-state index >= 15 is 0 Å². The van der Waals surface area contributed by atoms with Crippen LogP contribution in [-0.2, 0) is 13.0 Å². The lowest BCUT2D eigenvalue weighted by atomic mass is 10.1. The van der Waals surface area contributed by atoms with Gasteiger partial charge in [0.2, 0.25) is 11.7 Å². The molecule has 1 N–H and O–H groups in total. The first kappa shape index (κ1) is 18.6. The van der Waals surface area contributed by atoms with Crippen LogP contribution in [0.5, 0.6) is 5.75 Å². The van der Waals surface area contributed by atoms with Crippen LogP contribution in [0.4, 0.5) is 0 Å². The summed E-state index contributed by atoms with van der Waals surface area (Å²) in [6.45, 7) is 2.46. The summed E-state index contributed by atoms with van der Waals surface area (Å²) in [4.78, 5) is 20.9. The fraction of sp³-hybridized carbons (Fsp3) is 0.182. The number of carbonyl (C=O) groups is 1. The van der Waals surface area contributed by atoms with Gasteiger partial charge in [0.05, 0.1) is 5.52 Å². The number of amides is 1. The highest BCUT2D eigenvalue weighted by molar-refractivity contribution is 5.94. The Kier molecular flexibility index (Phi) is 5.47. The SMILES string of the molecule is Cc1nc(COc2ccc(C(=O)NCCc3cccc4cccnc34)cc2)no1. The number of rotatable bonds is 7. The van der Waals surface area contributed by atoms with Crippen molar-refractivity contribution < 1.29 is 14.1 Å². The first-order valence-electron chi connectivity index (χ1n) is 9.32. The monoisotopic (exact) mass is 388 g/mol. The fourth-order valence-corrected chi connectivity index (χ4v) is 3.03. The lowest BCUT2D eigenvalue weighted by Gasteiger charge is -2.08. The molecule has 0 spiro atoms. The number of hydrogen-bond acceptors (Lipinski definition) is 6. The van der Waals surface area contributed by atoms with Crippen molar-refractivity contribution in [3.8, 4) is 5.75 Å². The molecular weight excluding hydrogens is 368 g/mol. The molecule has 4 aromatic rings. The Labute approximate surface area is 167 Å². The molecule has 0 atom stereocenters. The van der Waals surface area contributed by atoms with Crippen LogP contribution < -0.4 is 10.1 Å². The number of aromatic nitrogens is 3. The maximum Gasteiger partial charge on any atom is 0.251 e. The van der Waals surface area contributed by atoms with Gasteiger partial charge in [-0.1, -0.05) is 29.4 Å². The van der Waals surface area contributed by atoms with E-state index in [1.807, 2.05) is 30.3 Å². The number of aryl methyl sites for hydroxylation is 1. The molecule has 0 bridgehead atoms. The molecule has 0 radical (unpaired) electrons. The number of carbonyl (C=O) groups excluding carboxylic acids is 1. The molecule has 7 nitrogen and oxygen atoms in total. The second kappa shape index (κ2) is 8.52. The number of pyridine rings is 1. The smallest absolute Gasteiger partial charge is 0.251 e. The number of benzene rings is 2. The first-order chi connectivity index (χ1) is 14.2. The summed E-state index contributed by atoms with van der Waals surface area (Å²) in [7, 11) is 0. The number of hydrogen-bond donors (Lipinski definition) is 1. The maximum atomic E-state index is 12.4. The highest BCUT2D eigenvalue weighted by Crippen LogP contribution is 2.16. The molecule has 7 heteroatoms. The van der Waals surface area contributed by atoms with Gasteiger partial charge >= 0.3 is 0 Å². The Morgan fingerprint density at radius 1 is 1.10 bits per heavy atom. The van der Waals surface area contributed by atoms with Crippen LogP contribution in [0.15, 0.2) is 65.3 Å². The molecule has 0 aliphatic carbocycles. The van der Waals surface area contributed by atoms with Gasteiger partial charge in [0, 0.05) is 30.6 Å². The molecule has 2 heterocycles. The molecule has 0 fully saturated rings. The van der Waals surface area contributed by atoms with Gasteiger partial charge in [-0.15, -0.1) is 0 Å². The van der Waals surface area contributed by atoms with E-state index in [2.05, 4.69) is 20.4 Å². The van der Waals surface area contributed by atoms with E-state index in [4.69, 9.17) is 9.26 Å². The molecule has 1 amide bonds. The minimum Gasteiger partial charge on any atom is -0.485 e. The third-order valence-corrected chi connectivity index (χ3v) is 4.45. The van der Waals surface area contributed by atoms with Gasteiger partial charge in [-0.2, -0.15) is 4.98 Å².